The van der Waals surface area contributed by atoms with Crippen LogP contribution in [-0.2, 0) is 6.42 Å². The second-order valence-corrected chi connectivity index (χ2v) is 7.73. The Kier molecular flexibility index (Phi) is 4.04. The van der Waals surface area contributed by atoms with Crippen molar-refractivity contribution in [3.63, 3.8) is 0 Å². The van der Waals surface area contributed by atoms with Crippen molar-refractivity contribution in [1.82, 2.24) is 0 Å². The molecule has 128 valence electrons. The molecule has 1 aromatic carbocycles. The molecule has 1 aliphatic rings. The van der Waals surface area contributed by atoms with Gasteiger partial charge in [0.1, 0.15) is 5.76 Å². The first-order chi connectivity index (χ1) is 11.2. The molecular weight excluding hydrogens is 302 g/mol. The molecule has 2 aromatic rings. The van der Waals surface area contributed by atoms with Crippen LogP contribution in [0.15, 0.2) is 22.6 Å². The number of aliphatic hydroxyl groups excluding tert-OH is 1. The molecule has 0 saturated carbocycles. The lowest BCUT2D eigenvalue weighted by Crippen LogP contribution is -2.24. The standard InChI is InChI=1S/C20H25NO3/c1-11-6-7-12(2)14(8-11)21-19(23)18-13(3)17-15(22)9-20(4,5)10-16(17)24-18/h6-8,15,22H,9-10H2,1-5H3,(H,21,23). The molecule has 0 saturated heterocycles. The molecule has 4 heteroatoms. The van der Waals surface area contributed by atoms with E-state index in [0.717, 1.165) is 40.1 Å². The van der Waals surface area contributed by atoms with Crippen LogP contribution in [0.25, 0.3) is 0 Å². The molecule has 0 fully saturated rings. The zero-order valence-electron chi connectivity index (χ0n) is 15.0. The highest BCUT2D eigenvalue weighted by atomic mass is 16.4. The zero-order valence-corrected chi connectivity index (χ0v) is 15.0. The molecule has 3 rings (SSSR count). The summed E-state index contributed by atoms with van der Waals surface area (Å²) >= 11 is 0. The minimum absolute atomic E-state index is 0.0302. The topological polar surface area (TPSA) is 62.5 Å². The lowest BCUT2D eigenvalue weighted by Gasteiger charge is -2.31. The number of rotatable bonds is 2. The largest absolute Gasteiger partial charge is 0.455 e. The lowest BCUT2D eigenvalue weighted by molar-refractivity contribution is 0.0910. The van der Waals surface area contributed by atoms with E-state index in [4.69, 9.17) is 4.42 Å². The maximum atomic E-state index is 12.7. The van der Waals surface area contributed by atoms with Gasteiger partial charge >= 0.3 is 0 Å². The quantitative estimate of drug-likeness (QED) is 0.856. The van der Waals surface area contributed by atoms with Crippen LogP contribution < -0.4 is 5.32 Å². The Labute approximate surface area is 142 Å². The predicted octanol–water partition coefficient (Wildman–Crippen LogP) is 4.46. The Hall–Kier alpha value is -2.07. The number of benzene rings is 1. The van der Waals surface area contributed by atoms with Crippen LogP contribution >= 0.6 is 0 Å². The number of carbonyl (C=O) groups is 1. The molecule has 24 heavy (non-hydrogen) atoms. The van der Waals surface area contributed by atoms with Gasteiger partial charge in [-0.15, -0.1) is 0 Å². The summed E-state index contributed by atoms with van der Waals surface area (Å²) in [5.74, 6) is 0.778. The second-order valence-electron chi connectivity index (χ2n) is 7.73. The molecule has 1 aliphatic carbocycles. The van der Waals surface area contributed by atoms with Crippen molar-refractivity contribution < 1.29 is 14.3 Å². The number of hydrogen-bond acceptors (Lipinski definition) is 3. The molecule has 1 amide bonds. The molecule has 0 radical (unpaired) electrons. The second kappa shape index (κ2) is 5.78. The van der Waals surface area contributed by atoms with Crippen molar-refractivity contribution in [2.24, 2.45) is 5.41 Å². The number of furan rings is 1. The van der Waals surface area contributed by atoms with E-state index in [1.54, 1.807) is 0 Å². The molecule has 1 aromatic heterocycles. The number of amides is 1. The molecule has 0 bridgehead atoms. The van der Waals surface area contributed by atoms with Crippen molar-refractivity contribution in [2.45, 2.75) is 53.6 Å². The fourth-order valence-corrected chi connectivity index (χ4v) is 3.55. The molecule has 1 unspecified atom stereocenters. The minimum Gasteiger partial charge on any atom is -0.455 e. The summed E-state index contributed by atoms with van der Waals surface area (Å²) in [5.41, 5.74) is 4.39. The first kappa shape index (κ1) is 16.8. The number of nitrogens with one attached hydrogen (secondary N) is 1. The third-order valence-electron chi connectivity index (χ3n) is 4.84. The monoisotopic (exact) mass is 327 g/mol. The summed E-state index contributed by atoms with van der Waals surface area (Å²) in [4.78, 5) is 12.7. The fourth-order valence-electron chi connectivity index (χ4n) is 3.55. The first-order valence-electron chi connectivity index (χ1n) is 8.37. The molecule has 4 nitrogen and oxygen atoms in total. The van der Waals surface area contributed by atoms with Crippen LogP contribution in [0.5, 0.6) is 0 Å². The van der Waals surface area contributed by atoms with E-state index in [0.29, 0.717) is 12.2 Å². The van der Waals surface area contributed by atoms with Crippen molar-refractivity contribution in [3.8, 4) is 0 Å². The van der Waals surface area contributed by atoms with Crippen LogP contribution in [0.3, 0.4) is 0 Å². The van der Waals surface area contributed by atoms with Gasteiger partial charge in [-0.2, -0.15) is 0 Å². The molecule has 1 heterocycles. The minimum atomic E-state index is -0.574. The van der Waals surface area contributed by atoms with E-state index >= 15 is 0 Å². The fraction of sp³-hybridized carbons (Fsp3) is 0.450. The van der Waals surface area contributed by atoms with Gasteiger partial charge in [-0.05, 0) is 49.8 Å². The highest BCUT2D eigenvalue weighted by molar-refractivity contribution is 6.04. The summed E-state index contributed by atoms with van der Waals surface area (Å²) in [6.07, 6.45) is 0.838. The Morgan fingerprint density at radius 1 is 1.29 bits per heavy atom. The van der Waals surface area contributed by atoms with Crippen molar-refractivity contribution in [3.05, 3.63) is 52.0 Å². The predicted molar refractivity (Wildman–Crippen MR) is 94.4 cm³/mol. The van der Waals surface area contributed by atoms with Crippen molar-refractivity contribution >= 4 is 11.6 Å². The summed E-state index contributed by atoms with van der Waals surface area (Å²) in [7, 11) is 0. The highest BCUT2D eigenvalue weighted by Gasteiger charge is 2.37. The van der Waals surface area contributed by atoms with E-state index in [1.165, 1.54) is 0 Å². The Morgan fingerprint density at radius 2 is 2.00 bits per heavy atom. The van der Waals surface area contributed by atoms with E-state index < -0.39 is 6.10 Å². The van der Waals surface area contributed by atoms with Crippen molar-refractivity contribution in [1.29, 1.82) is 0 Å². The van der Waals surface area contributed by atoms with Crippen LogP contribution in [-0.4, -0.2) is 11.0 Å². The van der Waals surface area contributed by atoms with Gasteiger partial charge in [0.25, 0.3) is 5.91 Å². The Morgan fingerprint density at radius 3 is 2.71 bits per heavy atom. The lowest BCUT2D eigenvalue weighted by atomic mass is 9.75. The van der Waals surface area contributed by atoms with Gasteiger partial charge in [-0.1, -0.05) is 26.0 Å². The number of fused-ring (bicyclic) bond motifs is 1. The average Bonchev–Trinajstić information content (AvgIpc) is 2.78. The van der Waals surface area contributed by atoms with Gasteiger partial charge in [0, 0.05) is 23.2 Å². The third kappa shape index (κ3) is 2.98. The SMILES string of the molecule is Cc1ccc(C)c(NC(=O)c2oc3c(c2C)C(O)CC(C)(C)C3)c1. The third-order valence-corrected chi connectivity index (χ3v) is 4.84. The maximum absolute atomic E-state index is 12.7. The number of anilines is 1. The van der Waals surface area contributed by atoms with E-state index in [1.807, 2.05) is 39.0 Å². The Bertz CT molecular complexity index is 801. The average molecular weight is 327 g/mol. The van der Waals surface area contributed by atoms with Crippen molar-refractivity contribution in [2.75, 3.05) is 5.32 Å². The highest BCUT2D eigenvalue weighted by Crippen LogP contribution is 2.44. The van der Waals surface area contributed by atoms with Gasteiger partial charge in [-0.25, -0.2) is 0 Å². The van der Waals surface area contributed by atoms with Crippen LogP contribution in [0.1, 0.15) is 64.9 Å². The molecule has 2 N–H and O–H groups in total. The molecule has 1 atom stereocenters. The van der Waals surface area contributed by atoms with Crippen LogP contribution in [0.4, 0.5) is 5.69 Å². The van der Waals surface area contributed by atoms with E-state index in [-0.39, 0.29) is 11.3 Å². The number of hydrogen-bond donors (Lipinski definition) is 2. The summed E-state index contributed by atoms with van der Waals surface area (Å²) in [6.45, 7) is 10.0. The summed E-state index contributed by atoms with van der Waals surface area (Å²) < 4.78 is 5.87. The smallest absolute Gasteiger partial charge is 0.291 e. The number of aliphatic hydroxyl groups is 1. The first-order valence-corrected chi connectivity index (χ1v) is 8.37. The van der Waals surface area contributed by atoms with E-state index in [2.05, 4.69) is 19.2 Å². The number of carbonyl (C=O) groups excluding carboxylic acids is 1. The Balaban J connectivity index is 1.93. The van der Waals surface area contributed by atoms with Gasteiger partial charge < -0.3 is 14.8 Å². The number of aryl methyl sites for hydroxylation is 2. The van der Waals surface area contributed by atoms with Gasteiger partial charge in [0.05, 0.1) is 6.10 Å². The van der Waals surface area contributed by atoms with E-state index in [9.17, 15) is 9.90 Å². The van der Waals surface area contributed by atoms with Crippen LogP contribution in [0.2, 0.25) is 0 Å². The summed E-state index contributed by atoms with van der Waals surface area (Å²) in [6, 6.07) is 5.95. The summed E-state index contributed by atoms with van der Waals surface area (Å²) in [5, 5.41) is 13.4. The van der Waals surface area contributed by atoms with Crippen LogP contribution in [0, 0.1) is 26.2 Å². The van der Waals surface area contributed by atoms with Gasteiger partial charge in [0.15, 0.2) is 5.76 Å². The molecular formula is C20H25NO3. The zero-order chi connectivity index (χ0) is 17.6. The molecule has 0 spiro atoms. The normalized spacial score (nSPS) is 19.0. The van der Waals surface area contributed by atoms with Gasteiger partial charge in [0.2, 0.25) is 0 Å². The maximum Gasteiger partial charge on any atom is 0.291 e. The van der Waals surface area contributed by atoms with Gasteiger partial charge in [-0.3, -0.25) is 4.79 Å². The molecule has 0 aliphatic heterocycles.